The largest absolute Gasteiger partial charge is 0.351 e. The summed E-state index contributed by atoms with van der Waals surface area (Å²) in [6.07, 6.45) is 6.86. The number of aryl methyl sites for hydroxylation is 2. The molecule has 0 fully saturated rings. The zero-order valence-corrected chi connectivity index (χ0v) is 18.0. The summed E-state index contributed by atoms with van der Waals surface area (Å²) in [6.45, 7) is 0.886. The second kappa shape index (κ2) is 9.52. The van der Waals surface area contributed by atoms with Crippen molar-refractivity contribution in [1.29, 1.82) is 0 Å². The molecule has 2 aromatic rings. The molecule has 0 aliphatic heterocycles. The molecule has 1 atom stereocenters. The van der Waals surface area contributed by atoms with Gasteiger partial charge < -0.3 is 16.0 Å². The Morgan fingerprint density at radius 2 is 1.59 bits per heavy atom. The molecule has 5 N–H and O–H groups in total. The zero-order valence-electron chi connectivity index (χ0n) is 17.2. The first kappa shape index (κ1) is 21.5. The first-order valence-electron chi connectivity index (χ1n) is 9.98. The maximum Gasteiger partial charge on any atom is 0.316 e. The molecule has 7 heteroatoms. The first-order chi connectivity index (χ1) is 13.8. The van der Waals surface area contributed by atoms with Crippen LogP contribution < -0.4 is 16.2 Å². The zero-order chi connectivity index (χ0) is 21.0. The highest BCUT2D eigenvalue weighted by Gasteiger charge is 2.24. The van der Waals surface area contributed by atoms with Crippen LogP contribution in [0.25, 0.3) is 0 Å². The van der Waals surface area contributed by atoms with Crippen molar-refractivity contribution in [2.75, 3.05) is 19.4 Å². The first-order valence-corrected chi connectivity index (χ1v) is 11.2. The molecule has 156 valence electrons. The molecule has 2 aliphatic carbocycles. The number of anilines is 1. The lowest BCUT2D eigenvalue weighted by molar-refractivity contribution is 0.259. The molecule has 2 aromatic carbocycles. The lowest BCUT2D eigenvalue weighted by atomic mass is 9.99. The standard InChI is InChI=1S/C13H16N2O.C9H14N2OS/c14-13(16)15-12-10-5-1-3-8(10)7-9-4-2-6-11(9)12;1-11(2)7-8-3-5-9(6-4-8)13(10)12/h7H,1-6H2,(H3,14,15,16);3-6H,7,10H2,1-2H3. The lowest BCUT2D eigenvalue weighted by Crippen LogP contribution is -2.21. The average Bonchev–Trinajstić information content (AvgIpc) is 3.31. The maximum atomic E-state index is 11.1. The Balaban J connectivity index is 0.000000170. The van der Waals surface area contributed by atoms with E-state index >= 15 is 0 Å². The van der Waals surface area contributed by atoms with Crippen LogP contribution >= 0.6 is 0 Å². The number of nitrogens with zero attached hydrogens (tertiary/aromatic N) is 1. The second-order valence-corrected chi connectivity index (χ2v) is 8.97. The number of hydrogen-bond acceptors (Lipinski definition) is 3. The van der Waals surface area contributed by atoms with E-state index in [4.69, 9.17) is 10.9 Å². The van der Waals surface area contributed by atoms with Gasteiger partial charge in [-0.25, -0.2) is 14.1 Å². The molecular formula is C22H30N4O2S. The molecule has 0 saturated heterocycles. The third kappa shape index (κ3) is 5.44. The summed E-state index contributed by atoms with van der Waals surface area (Å²) in [4.78, 5) is 13.8. The fraction of sp³-hybridized carbons (Fsp3) is 0.409. The van der Waals surface area contributed by atoms with Gasteiger partial charge in [0.25, 0.3) is 0 Å². The number of rotatable bonds is 4. The summed E-state index contributed by atoms with van der Waals surface area (Å²) in [6, 6.07) is 9.40. The summed E-state index contributed by atoms with van der Waals surface area (Å²) in [5, 5.41) is 8.07. The van der Waals surface area contributed by atoms with Crippen molar-refractivity contribution in [2.24, 2.45) is 10.9 Å². The predicted molar refractivity (Wildman–Crippen MR) is 118 cm³/mol. The van der Waals surface area contributed by atoms with Crippen molar-refractivity contribution in [3.8, 4) is 0 Å². The Morgan fingerprint density at radius 1 is 1.03 bits per heavy atom. The van der Waals surface area contributed by atoms with Crippen molar-refractivity contribution in [3.05, 3.63) is 58.1 Å². The molecule has 29 heavy (non-hydrogen) atoms. The molecule has 0 spiro atoms. The summed E-state index contributed by atoms with van der Waals surface area (Å²) in [5.41, 5.74) is 13.0. The lowest BCUT2D eigenvalue weighted by Gasteiger charge is -2.14. The molecule has 2 aliphatic rings. The summed E-state index contributed by atoms with van der Waals surface area (Å²) >= 11 is 0. The van der Waals surface area contributed by atoms with Crippen molar-refractivity contribution in [1.82, 2.24) is 4.90 Å². The van der Waals surface area contributed by atoms with Crippen molar-refractivity contribution < 1.29 is 9.00 Å². The van der Waals surface area contributed by atoms with E-state index in [2.05, 4.69) is 16.3 Å². The number of carbonyl (C=O) groups excluding carboxylic acids is 1. The Bertz CT molecular complexity index is 878. The SMILES string of the molecule is CN(C)Cc1ccc(S(N)=O)cc1.NC(=O)Nc1c2c(cc3c1CCC3)CCC2. The topological polar surface area (TPSA) is 101 Å². The van der Waals surface area contributed by atoms with Gasteiger partial charge in [0, 0.05) is 12.2 Å². The van der Waals surface area contributed by atoms with E-state index < -0.39 is 17.0 Å². The van der Waals surface area contributed by atoms with Gasteiger partial charge >= 0.3 is 6.03 Å². The molecule has 2 amide bonds. The van der Waals surface area contributed by atoms with Gasteiger partial charge in [-0.2, -0.15) is 0 Å². The number of urea groups is 1. The summed E-state index contributed by atoms with van der Waals surface area (Å²) in [5.74, 6) is 0. The van der Waals surface area contributed by atoms with Crippen LogP contribution in [-0.2, 0) is 43.2 Å². The minimum Gasteiger partial charge on any atom is -0.351 e. The van der Waals surface area contributed by atoms with Crippen LogP contribution in [0, 0.1) is 0 Å². The van der Waals surface area contributed by atoms with E-state index in [1.165, 1.54) is 40.7 Å². The van der Waals surface area contributed by atoms with E-state index in [0.29, 0.717) is 4.90 Å². The maximum absolute atomic E-state index is 11.1. The van der Waals surface area contributed by atoms with Crippen LogP contribution in [0.2, 0.25) is 0 Å². The molecule has 0 bridgehead atoms. The normalized spacial score (nSPS) is 15.3. The molecule has 0 saturated carbocycles. The molecule has 1 unspecified atom stereocenters. The van der Waals surface area contributed by atoms with Crippen LogP contribution in [-0.4, -0.2) is 29.2 Å². The fourth-order valence-electron chi connectivity index (χ4n) is 4.18. The van der Waals surface area contributed by atoms with Crippen molar-refractivity contribution in [3.63, 3.8) is 0 Å². The van der Waals surface area contributed by atoms with E-state index in [-0.39, 0.29) is 0 Å². The van der Waals surface area contributed by atoms with Gasteiger partial charge in [-0.15, -0.1) is 0 Å². The van der Waals surface area contributed by atoms with Gasteiger partial charge in [-0.05, 0) is 92.6 Å². The van der Waals surface area contributed by atoms with Gasteiger partial charge in [0.05, 0.1) is 4.90 Å². The highest BCUT2D eigenvalue weighted by Crippen LogP contribution is 2.38. The molecule has 6 nitrogen and oxygen atoms in total. The summed E-state index contributed by atoms with van der Waals surface area (Å²) < 4.78 is 10.9. The second-order valence-electron chi connectivity index (χ2n) is 7.90. The predicted octanol–water partition coefficient (Wildman–Crippen LogP) is 2.88. The third-order valence-electron chi connectivity index (χ3n) is 5.38. The average molecular weight is 415 g/mol. The van der Waals surface area contributed by atoms with Crippen LogP contribution in [0.4, 0.5) is 10.5 Å². The number of carbonyl (C=O) groups is 1. The van der Waals surface area contributed by atoms with Crippen LogP contribution in [0.3, 0.4) is 0 Å². The Kier molecular flexibility index (Phi) is 7.05. The number of fused-ring (bicyclic) bond motifs is 2. The van der Waals surface area contributed by atoms with Gasteiger partial charge in [0.2, 0.25) is 0 Å². The Morgan fingerprint density at radius 3 is 2.03 bits per heavy atom. The molecule has 0 radical (unpaired) electrons. The van der Waals surface area contributed by atoms with Gasteiger partial charge in [0.15, 0.2) is 0 Å². The van der Waals surface area contributed by atoms with Crippen molar-refractivity contribution in [2.45, 2.75) is 50.0 Å². The molecule has 0 heterocycles. The third-order valence-corrected chi connectivity index (χ3v) is 6.11. The number of amides is 2. The van der Waals surface area contributed by atoms with E-state index in [1.54, 1.807) is 12.1 Å². The number of primary amides is 1. The minimum atomic E-state index is -1.36. The van der Waals surface area contributed by atoms with Crippen LogP contribution in [0.5, 0.6) is 0 Å². The van der Waals surface area contributed by atoms with Gasteiger partial charge in [-0.3, -0.25) is 0 Å². The van der Waals surface area contributed by atoms with E-state index in [1.807, 2.05) is 26.2 Å². The highest BCUT2D eigenvalue weighted by atomic mass is 32.2. The number of benzene rings is 2. The van der Waals surface area contributed by atoms with E-state index in [9.17, 15) is 9.00 Å². The Hall–Kier alpha value is -2.22. The molecule has 4 rings (SSSR count). The number of nitrogens with one attached hydrogen (secondary N) is 1. The summed E-state index contributed by atoms with van der Waals surface area (Å²) in [7, 11) is 2.65. The molecular weight excluding hydrogens is 384 g/mol. The van der Waals surface area contributed by atoms with Crippen LogP contribution in [0.15, 0.2) is 35.2 Å². The number of nitrogens with two attached hydrogens (primary N) is 2. The van der Waals surface area contributed by atoms with Gasteiger partial charge in [0.1, 0.15) is 11.0 Å². The van der Waals surface area contributed by atoms with Crippen LogP contribution in [0.1, 0.15) is 40.7 Å². The fourth-order valence-corrected chi connectivity index (χ4v) is 4.59. The van der Waals surface area contributed by atoms with Gasteiger partial charge in [-0.1, -0.05) is 18.2 Å². The monoisotopic (exact) mass is 414 g/mol. The minimum absolute atomic E-state index is 0.436. The van der Waals surface area contributed by atoms with Crippen molar-refractivity contribution >= 4 is 22.7 Å². The van der Waals surface area contributed by atoms with E-state index in [0.717, 1.165) is 37.9 Å². The number of hydrogen-bond donors (Lipinski definition) is 3. The Labute approximate surface area is 175 Å². The smallest absolute Gasteiger partial charge is 0.316 e. The highest BCUT2D eigenvalue weighted by molar-refractivity contribution is 7.82. The molecule has 0 aromatic heterocycles. The quantitative estimate of drug-likeness (QED) is 0.717.